The Kier molecular flexibility index (Phi) is 4.57. The van der Waals surface area contributed by atoms with E-state index in [1.165, 1.54) is 0 Å². The molecule has 4 heteroatoms. The topological polar surface area (TPSA) is 0 Å². The maximum atomic E-state index is 12.5. The molecule has 2 unspecified atom stereocenters. The molecule has 0 aromatic heterocycles. The van der Waals surface area contributed by atoms with Crippen molar-refractivity contribution in [1.29, 1.82) is 0 Å². The van der Waals surface area contributed by atoms with E-state index >= 15 is 0 Å². The van der Waals surface area contributed by atoms with Gasteiger partial charge in [-0.15, -0.1) is 0 Å². The molecule has 0 rings (SSSR count). The summed E-state index contributed by atoms with van der Waals surface area (Å²) < 4.78 is 48.9. The Morgan fingerprint density at radius 3 is 2.08 bits per heavy atom. The minimum Gasteiger partial charge on any atom is -0.245 e. The van der Waals surface area contributed by atoms with Gasteiger partial charge in [-0.3, -0.25) is 0 Å². The lowest BCUT2D eigenvalue weighted by molar-refractivity contribution is 0.00764. The average Bonchev–Trinajstić information content (AvgIpc) is 1.84. The smallest absolute Gasteiger partial charge is 0.245 e. The summed E-state index contributed by atoms with van der Waals surface area (Å²) in [5.41, 5.74) is 0. The standard InChI is InChI=1S/C8H14F4/c1-6(9)7(10)4-3-5-8(2,11)12/h6-7H,3-5H2,1-2H3. The highest BCUT2D eigenvalue weighted by molar-refractivity contribution is 4.65. The molecule has 12 heavy (non-hydrogen) atoms. The van der Waals surface area contributed by atoms with Crippen molar-refractivity contribution in [1.82, 2.24) is 0 Å². The molecule has 0 saturated heterocycles. The van der Waals surface area contributed by atoms with Crippen molar-refractivity contribution < 1.29 is 17.6 Å². The molecule has 0 nitrogen and oxygen atoms in total. The summed E-state index contributed by atoms with van der Waals surface area (Å²) in [7, 11) is 0. The van der Waals surface area contributed by atoms with Crippen molar-refractivity contribution >= 4 is 0 Å². The summed E-state index contributed by atoms with van der Waals surface area (Å²) in [6.45, 7) is 1.87. The molecule has 0 fully saturated rings. The van der Waals surface area contributed by atoms with Gasteiger partial charge in [-0.25, -0.2) is 17.6 Å². The fraction of sp³-hybridized carbons (Fsp3) is 1.00. The Balaban J connectivity index is 3.44. The maximum Gasteiger partial charge on any atom is 0.245 e. The molecule has 0 amide bonds. The van der Waals surface area contributed by atoms with E-state index in [4.69, 9.17) is 0 Å². The van der Waals surface area contributed by atoms with Crippen LogP contribution in [0.4, 0.5) is 17.6 Å². The van der Waals surface area contributed by atoms with Crippen LogP contribution in [-0.2, 0) is 0 Å². The zero-order valence-corrected chi connectivity index (χ0v) is 7.29. The Hall–Kier alpha value is -0.280. The third-order valence-corrected chi connectivity index (χ3v) is 1.59. The third kappa shape index (κ3) is 6.43. The SMILES string of the molecule is CC(F)C(F)CCCC(C)(F)F. The zero-order valence-electron chi connectivity index (χ0n) is 7.29. The van der Waals surface area contributed by atoms with Crippen LogP contribution in [0.1, 0.15) is 33.1 Å². The highest BCUT2D eigenvalue weighted by Crippen LogP contribution is 2.21. The van der Waals surface area contributed by atoms with Crippen LogP contribution in [0.15, 0.2) is 0 Å². The van der Waals surface area contributed by atoms with Crippen LogP contribution in [-0.4, -0.2) is 18.3 Å². The lowest BCUT2D eigenvalue weighted by Gasteiger charge is -2.12. The van der Waals surface area contributed by atoms with Gasteiger partial charge in [0.2, 0.25) is 5.92 Å². The van der Waals surface area contributed by atoms with Crippen LogP contribution in [0.5, 0.6) is 0 Å². The van der Waals surface area contributed by atoms with Crippen molar-refractivity contribution in [3.05, 3.63) is 0 Å². The van der Waals surface area contributed by atoms with Gasteiger partial charge in [0, 0.05) is 6.42 Å². The van der Waals surface area contributed by atoms with Gasteiger partial charge >= 0.3 is 0 Å². The van der Waals surface area contributed by atoms with E-state index in [9.17, 15) is 17.6 Å². The summed E-state index contributed by atoms with van der Waals surface area (Å²) >= 11 is 0. The first-order valence-corrected chi connectivity index (χ1v) is 3.99. The maximum absolute atomic E-state index is 12.5. The van der Waals surface area contributed by atoms with Crippen molar-refractivity contribution in [2.45, 2.75) is 51.4 Å². The third-order valence-electron chi connectivity index (χ3n) is 1.59. The summed E-state index contributed by atoms with van der Waals surface area (Å²) in [4.78, 5) is 0. The second-order valence-corrected chi connectivity index (χ2v) is 3.16. The highest BCUT2D eigenvalue weighted by atomic mass is 19.3. The molecule has 2 atom stereocenters. The first kappa shape index (κ1) is 11.7. The molecule has 0 aliphatic rings. The van der Waals surface area contributed by atoms with Crippen molar-refractivity contribution in [3.8, 4) is 0 Å². The zero-order chi connectivity index (χ0) is 9.78. The molecular weight excluding hydrogens is 172 g/mol. The van der Waals surface area contributed by atoms with Crippen LogP contribution in [0.25, 0.3) is 0 Å². The van der Waals surface area contributed by atoms with Crippen molar-refractivity contribution in [2.24, 2.45) is 0 Å². The van der Waals surface area contributed by atoms with Gasteiger partial charge in [0.05, 0.1) is 0 Å². The van der Waals surface area contributed by atoms with E-state index in [-0.39, 0.29) is 19.3 Å². The van der Waals surface area contributed by atoms with E-state index in [2.05, 4.69) is 0 Å². The Labute approximate surface area is 70.0 Å². The first-order chi connectivity index (χ1) is 5.33. The summed E-state index contributed by atoms with van der Waals surface area (Å²) in [5, 5.41) is 0. The molecule has 0 aliphatic carbocycles. The number of alkyl halides is 4. The largest absolute Gasteiger partial charge is 0.245 e. The summed E-state index contributed by atoms with van der Waals surface area (Å²) in [5.74, 6) is -2.76. The normalized spacial score (nSPS) is 17.5. The quantitative estimate of drug-likeness (QED) is 0.576. The molecule has 0 aromatic rings. The highest BCUT2D eigenvalue weighted by Gasteiger charge is 2.22. The van der Waals surface area contributed by atoms with E-state index < -0.39 is 18.3 Å². The average molecular weight is 186 g/mol. The fourth-order valence-electron chi connectivity index (χ4n) is 0.837. The number of hydrogen-bond acceptors (Lipinski definition) is 0. The van der Waals surface area contributed by atoms with E-state index in [1.807, 2.05) is 0 Å². The van der Waals surface area contributed by atoms with Crippen LogP contribution in [0, 0.1) is 0 Å². The predicted molar refractivity (Wildman–Crippen MR) is 39.9 cm³/mol. The van der Waals surface area contributed by atoms with Gasteiger partial charge in [0.1, 0.15) is 12.3 Å². The lowest BCUT2D eigenvalue weighted by Crippen LogP contribution is -2.15. The molecule has 0 N–H and O–H groups in total. The molecule has 0 heterocycles. The van der Waals surface area contributed by atoms with Crippen molar-refractivity contribution in [2.75, 3.05) is 0 Å². The molecule has 0 aromatic carbocycles. The number of hydrogen-bond donors (Lipinski definition) is 0. The van der Waals surface area contributed by atoms with E-state index in [0.717, 1.165) is 13.8 Å². The van der Waals surface area contributed by atoms with Gasteiger partial charge in [-0.2, -0.15) is 0 Å². The first-order valence-electron chi connectivity index (χ1n) is 3.99. The second kappa shape index (κ2) is 4.67. The Bertz CT molecular complexity index is 117. The van der Waals surface area contributed by atoms with Crippen molar-refractivity contribution in [3.63, 3.8) is 0 Å². The van der Waals surface area contributed by atoms with Crippen LogP contribution >= 0.6 is 0 Å². The molecule has 0 saturated carbocycles. The van der Waals surface area contributed by atoms with Crippen LogP contribution < -0.4 is 0 Å². The monoisotopic (exact) mass is 186 g/mol. The molecule has 0 aliphatic heterocycles. The molecule has 74 valence electrons. The van der Waals surface area contributed by atoms with Gasteiger partial charge in [0.15, 0.2) is 0 Å². The predicted octanol–water partition coefficient (Wildman–Crippen LogP) is 3.51. The van der Waals surface area contributed by atoms with Gasteiger partial charge < -0.3 is 0 Å². The lowest BCUT2D eigenvalue weighted by atomic mass is 10.1. The number of halogens is 4. The number of rotatable bonds is 5. The van der Waals surface area contributed by atoms with Gasteiger partial charge in [0.25, 0.3) is 0 Å². The Morgan fingerprint density at radius 1 is 1.25 bits per heavy atom. The molecule has 0 spiro atoms. The Morgan fingerprint density at radius 2 is 1.75 bits per heavy atom. The minimum atomic E-state index is -2.76. The van der Waals surface area contributed by atoms with E-state index in [1.54, 1.807) is 0 Å². The fourth-order valence-corrected chi connectivity index (χ4v) is 0.837. The second-order valence-electron chi connectivity index (χ2n) is 3.16. The minimum absolute atomic E-state index is 0.0267. The summed E-state index contributed by atoms with van der Waals surface area (Å²) in [6, 6.07) is 0. The summed E-state index contributed by atoms with van der Waals surface area (Å²) in [6.07, 6.45) is -3.64. The molecule has 0 bridgehead atoms. The molecule has 0 radical (unpaired) electrons. The molecular formula is C8H14F4. The van der Waals surface area contributed by atoms with Gasteiger partial charge in [-0.1, -0.05) is 0 Å². The van der Waals surface area contributed by atoms with Crippen LogP contribution in [0.2, 0.25) is 0 Å². The van der Waals surface area contributed by atoms with E-state index in [0.29, 0.717) is 0 Å². The van der Waals surface area contributed by atoms with Gasteiger partial charge in [-0.05, 0) is 26.7 Å². The van der Waals surface area contributed by atoms with Crippen LogP contribution in [0.3, 0.4) is 0 Å².